The van der Waals surface area contributed by atoms with E-state index in [1.807, 2.05) is 12.1 Å². The van der Waals surface area contributed by atoms with Gasteiger partial charge in [0.05, 0.1) is 23.8 Å². The molecule has 0 atom stereocenters. The molecule has 6 heteroatoms. The number of hydrogen-bond acceptors (Lipinski definition) is 3. The van der Waals surface area contributed by atoms with Gasteiger partial charge in [0.15, 0.2) is 0 Å². The second-order valence-electron chi connectivity index (χ2n) is 6.52. The third-order valence-corrected chi connectivity index (χ3v) is 4.42. The number of amides is 1. The number of benzene rings is 2. The summed E-state index contributed by atoms with van der Waals surface area (Å²) in [6, 6.07) is 11.2. The van der Waals surface area contributed by atoms with Gasteiger partial charge < -0.3 is 15.0 Å². The van der Waals surface area contributed by atoms with Crippen molar-refractivity contribution in [1.29, 1.82) is 0 Å². The van der Waals surface area contributed by atoms with Gasteiger partial charge >= 0.3 is 0 Å². The van der Waals surface area contributed by atoms with Gasteiger partial charge in [-0.05, 0) is 42.3 Å². The summed E-state index contributed by atoms with van der Waals surface area (Å²) in [4.78, 5) is 20.2. The Bertz CT molecular complexity index is 934. The first-order chi connectivity index (χ1) is 12.5. The second-order valence-corrected chi connectivity index (χ2v) is 6.96. The molecule has 0 unspecified atom stereocenters. The molecule has 0 aliphatic carbocycles. The minimum atomic E-state index is -0.0851. The zero-order chi connectivity index (χ0) is 18.7. The topological polar surface area (TPSA) is 67.0 Å². The normalized spacial score (nSPS) is 11.1. The van der Waals surface area contributed by atoms with Crippen LogP contribution in [0.3, 0.4) is 0 Å². The van der Waals surface area contributed by atoms with Crippen LogP contribution in [0.4, 0.5) is 5.69 Å². The first-order valence-electron chi connectivity index (χ1n) is 8.58. The smallest absolute Gasteiger partial charge is 0.224 e. The van der Waals surface area contributed by atoms with Crippen molar-refractivity contribution in [3.05, 3.63) is 52.8 Å². The van der Waals surface area contributed by atoms with Crippen LogP contribution in [0.25, 0.3) is 11.0 Å². The summed E-state index contributed by atoms with van der Waals surface area (Å²) in [5, 5.41) is 3.41. The van der Waals surface area contributed by atoms with Crippen molar-refractivity contribution in [2.45, 2.75) is 32.6 Å². The molecule has 136 valence electrons. The summed E-state index contributed by atoms with van der Waals surface area (Å²) in [5.41, 5.74) is 3.62. The maximum Gasteiger partial charge on any atom is 0.224 e. The predicted octanol–water partition coefficient (Wildman–Crippen LogP) is 4.92. The number of nitrogens with zero attached hydrogens (tertiary/aromatic N) is 1. The number of nitrogens with one attached hydrogen (secondary N) is 2. The molecule has 0 fully saturated rings. The maximum absolute atomic E-state index is 12.3. The van der Waals surface area contributed by atoms with Crippen molar-refractivity contribution in [3.8, 4) is 5.75 Å². The monoisotopic (exact) mass is 371 g/mol. The number of rotatable bonds is 6. The second kappa shape index (κ2) is 7.79. The van der Waals surface area contributed by atoms with Crippen molar-refractivity contribution in [1.82, 2.24) is 9.97 Å². The number of ether oxygens (including phenoxy) is 1. The summed E-state index contributed by atoms with van der Waals surface area (Å²) in [6.45, 7) is 4.21. The zero-order valence-electron chi connectivity index (χ0n) is 15.1. The average Bonchev–Trinajstić information content (AvgIpc) is 3.04. The number of aromatic amines is 1. The Labute approximate surface area is 157 Å². The lowest BCUT2D eigenvalue weighted by molar-refractivity contribution is -0.116. The number of aromatic nitrogens is 2. The van der Waals surface area contributed by atoms with E-state index in [4.69, 9.17) is 16.3 Å². The number of aryl methyl sites for hydroxylation is 1. The molecule has 0 aliphatic rings. The lowest BCUT2D eigenvalue weighted by Crippen LogP contribution is -2.13. The van der Waals surface area contributed by atoms with E-state index in [9.17, 15) is 4.79 Å². The number of carbonyl (C=O) groups is 1. The van der Waals surface area contributed by atoms with Crippen LogP contribution in [0.5, 0.6) is 5.75 Å². The Hall–Kier alpha value is -2.53. The number of imidazole rings is 1. The quantitative estimate of drug-likeness (QED) is 0.646. The summed E-state index contributed by atoms with van der Waals surface area (Å²) >= 11 is 5.99. The molecule has 0 saturated carbocycles. The van der Waals surface area contributed by atoms with E-state index in [0.29, 0.717) is 35.2 Å². The number of methoxy groups -OCH3 is 1. The van der Waals surface area contributed by atoms with E-state index in [0.717, 1.165) is 22.4 Å². The first kappa shape index (κ1) is 18.3. The van der Waals surface area contributed by atoms with Gasteiger partial charge in [-0.15, -0.1) is 0 Å². The lowest BCUT2D eigenvalue weighted by atomic mass is 10.1. The molecular weight excluding hydrogens is 350 g/mol. The highest BCUT2D eigenvalue weighted by molar-refractivity contribution is 6.31. The molecule has 0 bridgehead atoms. The van der Waals surface area contributed by atoms with E-state index in [1.54, 1.807) is 25.3 Å². The van der Waals surface area contributed by atoms with Gasteiger partial charge in [-0.3, -0.25) is 4.79 Å². The SMILES string of the molecule is COc1ccc(Cl)cc1NC(=O)CCc1ccc2nc(C(C)C)[nH]c2c1. The zero-order valence-corrected chi connectivity index (χ0v) is 15.9. The maximum atomic E-state index is 12.3. The Morgan fingerprint density at radius 2 is 2.08 bits per heavy atom. The summed E-state index contributed by atoms with van der Waals surface area (Å²) in [6.07, 6.45) is 1.01. The minimum Gasteiger partial charge on any atom is -0.495 e. The number of anilines is 1. The Balaban J connectivity index is 1.66. The molecule has 1 heterocycles. The van der Waals surface area contributed by atoms with Crippen LogP contribution in [0, 0.1) is 0 Å². The lowest BCUT2D eigenvalue weighted by Gasteiger charge is -2.10. The standard InChI is InChI=1S/C20H22ClN3O2/c1-12(2)20-23-15-7-4-13(10-16(15)24-20)5-9-19(25)22-17-11-14(21)6-8-18(17)26-3/h4,6-8,10-12H,5,9H2,1-3H3,(H,22,25)(H,23,24). The molecular formula is C20H22ClN3O2. The first-order valence-corrected chi connectivity index (χ1v) is 8.96. The van der Waals surface area contributed by atoms with E-state index in [-0.39, 0.29) is 5.91 Å². The number of H-pyrrole nitrogens is 1. The van der Waals surface area contributed by atoms with Crippen LogP contribution < -0.4 is 10.1 Å². The number of fused-ring (bicyclic) bond motifs is 1. The van der Waals surface area contributed by atoms with Gasteiger partial charge in [0.1, 0.15) is 11.6 Å². The van der Waals surface area contributed by atoms with E-state index in [1.165, 1.54) is 0 Å². The fourth-order valence-electron chi connectivity index (χ4n) is 2.75. The van der Waals surface area contributed by atoms with Crippen LogP contribution in [-0.4, -0.2) is 23.0 Å². The molecule has 3 rings (SSSR count). The third kappa shape index (κ3) is 4.17. The Morgan fingerprint density at radius 1 is 1.27 bits per heavy atom. The molecule has 2 aromatic carbocycles. The highest BCUT2D eigenvalue weighted by Crippen LogP contribution is 2.28. The molecule has 5 nitrogen and oxygen atoms in total. The van der Waals surface area contributed by atoms with E-state index < -0.39 is 0 Å². The Morgan fingerprint density at radius 3 is 2.81 bits per heavy atom. The molecule has 2 N–H and O–H groups in total. The van der Waals surface area contributed by atoms with Gasteiger partial charge in [-0.2, -0.15) is 0 Å². The van der Waals surface area contributed by atoms with Crippen LogP contribution in [0.1, 0.15) is 37.6 Å². The molecule has 1 amide bonds. The van der Waals surface area contributed by atoms with Gasteiger partial charge in [-0.25, -0.2) is 4.98 Å². The van der Waals surface area contributed by atoms with Crippen molar-refractivity contribution < 1.29 is 9.53 Å². The van der Waals surface area contributed by atoms with Crippen LogP contribution in [0.2, 0.25) is 5.02 Å². The summed E-state index contributed by atoms with van der Waals surface area (Å²) < 4.78 is 5.25. The number of halogens is 1. The van der Waals surface area contributed by atoms with E-state index >= 15 is 0 Å². The van der Waals surface area contributed by atoms with E-state index in [2.05, 4.69) is 35.2 Å². The largest absolute Gasteiger partial charge is 0.495 e. The molecule has 0 spiro atoms. The van der Waals surface area contributed by atoms with Crippen LogP contribution >= 0.6 is 11.6 Å². The highest BCUT2D eigenvalue weighted by Gasteiger charge is 2.10. The fraction of sp³-hybridized carbons (Fsp3) is 0.300. The summed E-state index contributed by atoms with van der Waals surface area (Å²) in [7, 11) is 1.56. The van der Waals surface area contributed by atoms with Gasteiger partial charge in [0, 0.05) is 17.4 Å². The molecule has 3 aromatic rings. The van der Waals surface area contributed by atoms with Crippen molar-refractivity contribution in [2.75, 3.05) is 12.4 Å². The number of hydrogen-bond donors (Lipinski definition) is 2. The molecule has 26 heavy (non-hydrogen) atoms. The van der Waals surface area contributed by atoms with Crippen molar-refractivity contribution >= 4 is 34.2 Å². The van der Waals surface area contributed by atoms with Crippen molar-refractivity contribution in [3.63, 3.8) is 0 Å². The molecule has 0 aliphatic heterocycles. The van der Waals surface area contributed by atoms with Gasteiger partial charge in [0.25, 0.3) is 0 Å². The Kier molecular flexibility index (Phi) is 5.47. The number of carbonyl (C=O) groups excluding carboxylic acids is 1. The van der Waals surface area contributed by atoms with Gasteiger partial charge in [-0.1, -0.05) is 31.5 Å². The molecule has 0 radical (unpaired) electrons. The van der Waals surface area contributed by atoms with Crippen molar-refractivity contribution in [2.24, 2.45) is 0 Å². The highest BCUT2D eigenvalue weighted by atomic mass is 35.5. The average molecular weight is 372 g/mol. The molecule has 0 saturated heterocycles. The fourth-order valence-corrected chi connectivity index (χ4v) is 2.93. The summed E-state index contributed by atoms with van der Waals surface area (Å²) in [5.74, 6) is 1.83. The third-order valence-electron chi connectivity index (χ3n) is 4.19. The predicted molar refractivity (Wildman–Crippen MR) is 105 cm³/mol. The van der Waals surface area contributed by atoms with Gasteiger partial charge in [0.2, 0.25) is 5.91 Å². The molecule has 1 aromatic heterocycles. The van der Waals surface area contributed by atoms with Crippen LogP contribution in [0.15, 0.2) is 36.4 Å². The minimum absolute atomic E-state index is 0.0851. The van der Waals surface area contributed by atoms with Crippen LogP contribution in [-0.2, 0) is 11.2 Å².